The second-order valence-electron chi connectivity index (χ2n) is 8.36. The minimum Gasteiger partial charge on any atom is -0.366 e. The lowest BCUT2D eigenvalue weighted by Gasteiger charge is -2.20. The van der Waals surface area contributed by atoms with Gasteiger partial charge in [-0.25, -0.2) is 0 Å². The second-order valence-corrected chi connectivity index (χ2v) is 8.36. The van der Waals surface area contributed by atoms with Crippen molar-refractivity contribution in [2.45, 2.75) is 19.0 Å². The Hall–Kier alpha value is -4.38. The fourth-order valence-corrected chi connectivity index (χ4v) is 4.61. The summed E-state index contributed by atoms with van der Waals surface area (Å²) in [6.07, 6.45) is 3.90. The van der Waals surface area contributed by atoms with Gasteiger partial charge in [0.1, 0.15) is 0 Å². The van der Waals surface area contributed by atoms with E-state index in [1.54, 1.807) is 16.7 Å². The number of aromatic nitrogens is 2. The third-order valence-electron chi connectivity index (χ3n) is 6.27. The van der Waals surface area contributed by atoms with Crippen molar-refractivity contribution in [1.29, 1.82) is 0 Å². The van der Waals surface area contributed by atoms with E-state index in [2.05, 4.69) is 24.3 Å². The Morgan fingerprint density at radius 2 is 1.35 bits per heavy atom. The molecule has 0 saturated carbocycles. The molecule has 0 unspecified atom stereocenters. The Morgan fingerprint density at radius 1 is 0.706 bits per heavy atom. The molecule has 1 amide bonds. The lowest BCUT2D eigenvalue weighted by Crippen LogP contribution is -2.22. The summed E-state index contributed by atoms with van der Waals surface area (Å²) in [6, 6.07) is 31.7. The maximum atomic E-state index is 12.7. The van der Waals surface area contributed by atoms with Gasteiger partial charge >= 0.3 is 0 Å². The van der Waals surface area contributed by atoms with Crippen molar-refractivity contribution in [1.82, 2.24) is 9.13 Å². The lowest BCUT2D eigenvalue weighted by atomic mass is 9.86. The number of nitrogens with zero attached hydrogens (tertiary/aromatic N) is 2. The van der Waals surface area contributed by atoms with E-state index in [9.17, 15) is 9.59 Å². The molecule has 0 fully saturated rings. The number of hydrogen-bond acceptors (Lipinski definition) is 2. The molecule has 2 aromatic heterocycles. The summed E-state index contributed by atoms with van der Waals surface area (Å²) in [6.45, 7) is 1.10. The van der Waals surface area contributed by atoms with E-state index in [-0.39, 0.29) is 11.5 Å². The maximum absolute atomic E-state index is 12.7. The number of fused-ring (bicyclic) bond motifs is 1. The van der Waals surface area contributed by atoms with Crippen LogP contribution < -0.4 is 11.3 Å². The van der Waals surface area contributed by atoms with Crippen molar-refractivity contribution in [3.63, 3.8) is 0 Å². The Bertz CT molecular complexity index is 1460. The predicted octanol–water partition coefficient (Wildman–Crippen LogP) is 4.78. The zero-order chi connectivity index (χ0) is 23.5. The molecule has 5 aromatic rings. The molecule has 5 nitrogen and oxygen atoms in total. The standard InChI is InChI=1S/C29H25N3O2/c30-29(34)25-12-7-13-26-24(25)16-17-31(26)18-19-32-20-23(14-15-27(32)33)28(21-8-3-1-4-9-21)22-10-5-2-6-11-22/h1-17,20,28H,18-19H2,(H2,30,34). The van der Waals surface area contributed by atoms with Gasteiger partial charge in [-0.05, 0) is 34.9 Å². The van der Waals surface area contributed by atoms with Crippen molar-refractivity contribution < 1.29 is 4.79 Å². The summed E-state index contributed by atoms with van der Waals surface area (Å²) in [7, 11) is 0. The van der Waals surface area contributed by atoms with Gasteiger partial charge < -0.3 is 14.9 Å². The maximum Gasteiger partial charge on any atom is 0.250 e. The molecule has 5 heteroatoms. The number of primary amides is 1. The third-order valence-corrected chi connectivity index (χ3v) is 6.27. The number of amides is 1. The zero-order valence-electron chi connectivity index (χ0n) is 18.7. The van der Waals surface area contributed by atoms with Gasteiger partial charge in [0.2, 0.25) is 5.91 Å². The van der Waals surface area contributed by atoms with Gasteiger partial charge in [0.25, 0.3) is 5.56 Å². The number of pyridine rings is 1. The van der Waals surface area contributed by atoms with Crippen LogP contribution in [-0.4, -0.2) is 15.0 Å². The van der Waals surface area contributed by atoms with E-state index in [0.717, 1.165) is 16.5 Å². The number of carbonyl (C=O) groups is 1. The van der Waals surface area contributed by atoms with Crippen molar-refractivity contribution in [3.8, 4) is 0 Å². The molecule has 34 heavy (non-hydrogen) atoms. The molecule has 2 heterocycles. The smallest absolute Gasteiger partial charge is 0.250 e. The lowest BCUT2D eigenvalue weighted by molar-refractivity contribution is 0.100. The first-order valence-electron chi connectivity index (χ1n) is 11.3. The van der Waals surface area contributed by atoms with Crippen LogP contribution in [0.25, 0.3) is 10.9 Å². The number of carbonyl (C=O) groups excluding carboxylic acids is 1. The molecular weight excluding hydrogens is 422 g/mol. The Morgan fingerprint density at radius 3 is 2.00 bits per heavy atom. The Labute approximate surface area is 197 Å². The van der Waals surface area contributed by atoms with E-state index >= 15 is 0 Å². The quantitative estimate of drug-likeness (QED) is 0.390. The van der Waals surface area contributed by atoms with Gasteiger partial charge in [-0.15, -0.1) is 0 Å². The molecule has 0 saturated heterocycles. The van der Waals surface area contributed by atoms with Crippen molar-refractivity contribution >= 4 is 16.8 Å². The molecule has 0 atom stereocenters. The van der Waals surface area contributed by atoms with Crippen LogP contribution in [0.4, 0.5) is 0 Å². The fraction of sp³-hybridized carbons (Fsp3) is 0.103. The van der Waals surface area contributed by atoms with E-state index < -0.39 is 5.91 Å². The van der Waals surface area contributed by atoms with E-state index in [1.165, 1.54) is 11.1 Å². The first-order chi connectivity index (χ1) is 16.6. The topological polar surface area (TPSA) is 70.0 Å². The van der Waals surface area contributed by atoms with Crippen LogP contribution >= 0.6 is 0 Å². The molecule has 0 aliphatic carbocycles. The molecule has 5 rings (SSSR count). The summed E-state index contributed by atoms with van der Waals surface area (Å²) in [5.41, 5.74) is 10.3. The average molecular weight is 448 g/mol. The molecule has 0 spiro atoms. The highest BCUT2D eigenvalue weighted by molar-refractivity contribution is 6.05. The van der Waals surface area contributed by atoms with E-state index in [1.807, 2.05) is 77.6 Å². The molecular formula is C29H25N3O2. The van der Waals surface area contributed by atoms with Crippen molar-refractivity contribution in [2.75, 3.05) is 0 Å². The number of rotatable bonds is 7. The Kier molecular flexibility index (Phi) is 5.83. The average Bonchev–Trinajstić information content (AvgIpc) is 3.29. The number of hydrogen-bond donors (Lipinski definition) is 1. The highest BCUT2D eigenvalue weighted by Crippen LogP contribution is 2.31. The van der Waals surface area contributed by atoms with Gasteiger partial charge in [-0.1, -0.05) is 72.8 Å². The van der Waals surface area contributed by atoms with Gasteiger partial charge in [0.05, 0.1) is 0 Å². The number of nitrogens with two attached hydrogens (primary N) is 1. The summed E-state index contributed by atoms with van der Waals surface area (Å²) in [5, 5.41) is 0.823. The van der Waals surface area contributed by atoms with E-state index in [0.29, 0.717) is 18.7 Å². The van der Waals surface area contributed by atoms with Crippen LogP contribution in [0.3, 0.4) is 0 Å². The molecule has 2 N–H and O–H groups in total. The summed E-state index contributed by atoms with van der Waals surface area (Å²) < 4.78 is 3.81. The van der Waals surface area contributed by atoms with Gasteiger partial charge in [-0.3, -0.25) is 9.59 Å². The zero-order valence-corrected chi connectivity index (χ0v) is 18.7. The first-order valence-corrected chi connectivity index (χ1v) is 11.3. The minimum absolute atomic E-state index is 0.0276. The first kappa shape index (κ1) is 21.5. The van der Waals surface area contributed by atoms with Crippen LogP contribution in [0.5, 0.6) is 0 Å². The predicted molar refractivity (Wildman–Crippen MR) is 135 cm³/mol. The SMILES string of the molecule is NC(=O)c1cccc2c1ccn2CCn1cc(C(c2ccccc2)c2ccccc2)ccc1=O. The van der Waals surface area contributed by atoms with Crippen molar-refractivity contribution in [2.24, 2.45) is 5.73 Å². The fourth-order valence-electron chi connectivity index (χ4n) is 4.61. The largest absolute Gasteiger partial charge is 0.366 e. The molecule has 0 aliphatic rings. The Balaban J connectivity index is 1.48. The van der Waals surface area contributed by atoms with Crippen LogP contribution in [0.1, 0.15) is 33.0 Å². The monoisotopic (exact) mass is 447 g/mol. The molecule has 0 bridgehead atoms. The second kappa shape index (κ2) is 9.24. The van der Waals surface area contributed by atoms with Crippen LogP contribution in [0.15, 0.2) is 114 Å². The summed E-state index contributed by atoms with van der Waals surface area (Å²) in [4.78, 5) is 24.5. The van der Waals surface area contributed by atoms with Gasteiger partial charge in [0, 0.05) is 53.9 Å². The van der Waals surface area contributed by atoms with Crippen molar-refractivity contribution in [3.05, 3.63) is 142 Å². The number of aryl methyl sites for hydroxylation is 2. The van der Waals surface area contributed by atoms with Crippen LogP contribution in [0.2, 0.25) is 0 Å². The minimum atomic E-state index is -0.444. The highest BCUT2D eigenvalue weighted by Gasteiger charge is 2.17. The number of benzene rings is 3. The summed E-state index contributed by atoms with van der Waals surface area (Å²) in [5.74, 6) is -0.417. The normalized spacial score (nSPS) is 11.2. The molecule has 0 radical (unpaired) electrons. The van der Waals surface area contributed by atoms with Gasteiger partial charge in [0.15, 0.2) is 0 Å². The highest BCUT2D eigenvalue weighted by atomic mass is 16.1. The van der Waals surface area contributed by atoms with Crippen LogP contribution in [0, 0.1) is 0 Å². The molecule has 0 aliphatic heterocycles. The van der Waals surface area contributed by atoms with E-state index in [4.69, 9.17) is 5.73 Å². The summed E-state index contributed by atoms with van der Waals surface area (Å²) >= 11 is 0. The van der Waals surface area contributed by atoms with Gasteiger partial charge in [-0.2, -0.15) is 0 Å². The van der Waals surface area contributed by atoms with Crippen LogP contribution in [-0.2, 0) is 13.1 Å². The molecule has 3 aromatic carbocycles. The molecule has 168 valence electrons. The third kappa shape index (κ3) is 4.16.